The standard InChI is InChI=1S/C24H29N5O3S/c1-2-14-29-22-9-8-19(33(25,31)32)17-20(22)27-23(29)10-11-24(30)26-13-5-15-28-16-12-18-6-3-4-7-21(18)28/h3-4,6-9,12,16-17H,2,5,10-11,13-15H2,1H3,(H,26,30)(H2,25,31,32). The van der Waals surface area contributed by atoms with Crippen LogP contribution in [0.25, 0.3) is 21.9 Å². The maximum atomic E-state index is 12.4. The molecule has 0 bridgehead atoms. The third-order valence-corrected chi connectivity index (χ3v) is 6.64. The van der Waals surface area contributed by atoms with Crippen LogP contribution >= 0.6 is 0 Å². The van der Waals surface area contributed by atoms with Crippen LogP contribution in [0.5, 0.6) is 0 Å². The number of carbonyl (C=O) groups is 1. The average molecular weight is 468 g/mol. The predicted molar refractivity (Wildman–Crippen MR) is 129 cm³/mol. The SMILES string of the molecule is CCCn1c(CCC(=O)NCCCn2ccc3ccccc32)nc2cc(S(N)(=O)=O)ccc21. The fourth-order valence-electron chi connectivity index (χ4n) is 4.13. The third kappa shape index (κ3) is 5.26. The summed E-state index contributed by atoms with van der Waals surface area (Å²) in [7, 11) is -3.79. The van der Waals surface area contributed by atoms with Gasteiger partial charge in [-0.1, -0.05) is 25.1 Å². The molecular weight excluding hydrogens is 438 g/mol. The van der Waals surface area contributed by atoms with E-state index in [1.54, 1.807) is 6.07 Å². The van der Waals surface area contributed by atoms with E-state index < -0.39 is 10.0 Å². The quantitative estimate of drug-likeness (QED) is 0.349. The molecule has 33 heavy (non-hydrogen) atoms. The van der Waals surface area contributed by atoms with Gasteiger partial charge in [0.05, 0.1) is 15.9 Å². The van der Waals surface area contributed by atoms with E-state index in [1.807, 2.05) is 16.7 Å². The lowest BCUT2D eigenvalue weighted by atomic mass is 10.2. The molecule has 0 saturated carbocycles. The molecule has 0 fully saturated rings. The van der Waals surface area contributed by atoms with E-state index in [1.165, 1.54) is 23.0 Å². The van der Waals surface area contributed by atoms with Crippen molar-refractivity contribution in [2.45, 2.75) is 50.6 Å². The Kier molecular flexibility index (Phi) is 6.80. The molecule has 4 aromatic rings. The van der Waals surface area contributed by atoms with Crippen LogP contribution in [-0.2, 0) is 34.3 Å². The van der Waals surface area contributed by atoms with Gasteiger partial charge in [-0.25, -0.2) is 18.5 Å². The van der Waals surface area contributed by atoms with Crippen LogP contribution in [0.2, 0.25) is 0 Å². The van der Waals surface area contributed by atoms with Crippen molar-refractivity contribution in [2.75, 3.05) is 6.54 Å². The van der Waals surface area contributed by atoms with E-state index >= 15 is 0 Å². The molecule has 0 unspecified atom stereocenters. The van der Waals surface area contributed by atoms with Crippen molar-refractivity contribution in [1.82, 2.24) is 19.4 Å². The molecule has 2 aromatic heterocycles. The number of carbonyl (C=O) groups excluding carboxylic acids is 1. The Bertz CT molecular complexity index is 1390. The van der Waals surface area contributed by atoms with E-state index in [-0.39, 0.29) is 10.8 Å². The van der Waals surface area contributed by atoms with Crippen LogP contribution in [-0.4, -0.2) is 35.0 Å². The summed E-state index contributed by atoms with van der Waals surface area (Å²) in [5.74, 6) is 0.750. The molecule has 2 heterocycles. The van der Waals surface area contributed by atoms with E-state index in [4.69, 9.17) is 5.14 Å². The summed E-state index contributed by atoms with van der Waals surface area (Å²) < 4.78 is 27.6. The van der Waals surface area contributed by atoms with Crippen molar-refractivity contribution >= 4 is 37.9 Å². The molecule has 174 valence electrons. The molecule has 9 heteroatoms. The molecule has 0 spiro atoms. The Morgan fingerprint density at radius 3 is 2.70 bits per heavy atom. The van der Waals surface area contributed by atoms with Gasteiger partial charge in [0.25, 0.3) is 0 Å². The average Bonchev–Trinajstić information content (AvgIpc) is 3.36. The second kappa shape index (κ2) is 9.76. The number of nitrogens with zero attached hydrogens (tertiary/aromatic N) is 3. The number of amides is 1. The Morgan fingerprint density at radius 2 is 1.91 bits per heavy atom. The van der Waals surface area contributed by atoms with Gasteiger partial charge in [-0.3, -0.25) is 4.79 Å². The number of para-hydroxylation sites is 1. The summed E-state index contributed by atoms with van der Waals surface area (Å²) in [6.45, 7) is 4.25. The van der Waals surface area contributed by atoms with Crippen LogP contribution in [0, 0.1) is 0 Å². The highest BCUT2D eigenvalue weighted by Gasteiger charge is 2.15. The smallest absolute Gasteiger partial charge is 0.238 e. The summed E-state index contributed by atoms with van der Waals surface area (Å²) >= 11 is 0. The Hall–Kier alpha value is -3.17. The Morgan fingerprint density at radius 1 is 1.09 bits per heavy atom. The first kappa shape index (κ1) is 23.0. The van der Waals surface area contributed by atoms with Gasteiger partial charge >= 0.3 is 0 Å². The van der Waals surface area contributed by atoms with Gasteiger partial charge in [0.1, 0.15) is 5.82 Å². The highest BCUT2D eigenvalue weighted by molar-refractivity contribution is 7.89. The van der Waals surface area contributed by atoms with Gasteiger partial charge in [-0.05, 0) is 48.6 Å². The number of aromatic nitrogens is 3. The normalized spacial score (nSPS) is 11.9. The lowest BCUT2D eigenvalue weighted by Crippen LogP contribution is -2.25. The summed E-state index contributed by atoms with van der Waals surface area (Å²) in [6.07, 6.45) is 4.62. The van der Waals surface area contributed by atoms with Crippen molar-refractivity contribution in [3.63, 3.8) is 0 Å². The second-order valence-corrected chi connectivity index (χ2v) is 9.71. The molecule has 8 nitrogen and oxygen atoms in total. The summed E-state index contributed by atoms with van der Waals surface area (Å²) in [5, 5.41) is 9.46. The van der Waals surface area contributed by atoms with Crippen molar-refractivity contribution in [3.05, 3.63) is 60.6 Å². The van der Waals surface area contributed by atoms with Gasteiger partial charge in [0.15, 0.2) is 0 Å². The van der Waals surface area contributed by atoms with E-state index in [2.05, 4.69) is 46.2 Å². The molecule has 3 N–H and O–H groups in total. The predicted octanol–water partition coefficient (Wildman–Crippen LogP) is 3.19. The monoisotopic (exact) mass is 467 g/mol. The largest absolute Gasteiger partial charge is 0.356 e. The van der Waals surface area contributed by atoms with Gasteiger partial charge in [-0.2, -0.15) is 0 Å². The van der Waals surface area contributed by atoms with Crippen LogP contribution in [0.3, 0.4) is 0 Å². The van der Waals surface area contributed by atoms with Crippen LogP contribution in [0.15, 0.2) is 59.6 Å². The number of primary sulfonamides is 1. The zero-order valence-corrected chi connectivity index (χ0v) is 19.5. The molecule has 0 aliphatic heterocycles. The van der Waals surface area contributed by atoms with E-state index in [0.29, 0.717) is 24.9 Å². The first-order chi connectivity index (χ1) is 15.9. The van der Waals surface area contributed by atoms with Crippen molar-refractivity contribution < 1.29 is 13.2 Å². The number of imidazole rings is 1. The molecular formula is C24H29N5O3S. The van der Waals surface area contributed by atoms with Crippen LogP contribution in [0.4, 0.5) is 0 Å². The van der Waals surface area contributed by atoms with Crippen molar-refractivity contribution in [2.24, 2.45) is 5.14 Å². The van der Waals surface area contributed by atoms with E-state index in [0.717, 1.165) is 37.3 Å². The summed E-state index contributed by atoms with van der Waals surface area (Å²) in [5.41, 5.74) is 2.62. The Labute approximate surface area is 193 Å². The van der Waals surface area contributed by atoms with Crippen molar-refractivity contribution in [1.29, 1.82) is 0 Å². The fourth-order valence-corrected chi connectivity index (χ4v) is 4.66. The number of nitrogens with one attached hydrogen (secondary N) is 1. The maximum Gasteiger partial charge on any atom is 0.238 e. The second-order valence-electron chi connectivity index (χ2n) is 8.15. The lowest BCUT2D eigenvalue weighted by molar-refractivity contribution is -0.121. The molecule has 4 rings (SSSR count). The highest BCUT2D eigenvalue weighted by atomic mass is 32.2. The summed E-state index contributed by atoms with van der Waals surface area (Å²) in [4.78, 5) is 17.0. The molecule has 0 aliphatic carbocycles. The third-order valence-electron chi connectivity index (χ3n) is 5.73. The molecule has 0 saturated heterocycles. The number of sulfonamides is 1. The van der Waals surface area contributed by atoms with Gasteiger partial charge in [0, 0.05) is 44.2 Å². The fraction of sp³-hybridized carbons (Fsp3) is 0.333. The number of hydrogen-bond donors (Lipinski definition) is 2. The number of fused-ring (bicyclic) bond motifs is 2. The molecule has 1 amide bonds. The summed E-state index contributed by atoms with van der Waals surface area (Å²) in [6, 6.07) is 15.1. The van der Waals surface area contributed by atoms with Crippen LogP contribution in [0.1, 0.15) is 32.0 Å². The van der Waals surface area contributed by atoms with Gasteiger partial charge in [0.2, 0.25) is 15.9 Å². The topological polar surface area (TPSA) is 112 Å². The van der Waals surface area contributed by atoms with Crippen LogP contribution < -0.4 is 10.5 Å². The minimum Gasteiger partial charge on any atom is -0.356 e. The zero-order chi connectivity index (χ0) is 23.4. The van der Waals surface area contributed by atoms with Crippen molar-refractivity contribution in [3.8, 4) is 0 Å². The molecule has 2 aromatic carbocycles. The molecule has 0 aliphatic rings. The number of benzene rings is 2. The lowest BCUT2D eigenvalue weighted by Gasteiger charge is -2.09. The minimum atomic E-state index is -3.79. The number of nitrogens with two attached hydrogens (primary N) is 1. The number of rotatable bonds is 10. The molecule has 0 radical (unpaired) electrons. The number of hydrogen-bond acceptors (Lipinski definition) is 4. The molecule has 0 atom stereocenters. The zero-order valence-electron chi connectivity index (χ0n) is 18.7. The van der Waals surface area contributed by atoms with E-state index in [9.17, 15) is 13.2 Å². The first-order valence-electron chi connectivity index (χ1n) is 11.2. The first-order valence-corrected chi connectivity index (χ1v) is 12.7. The highest BCUT2D eigenvalue weighted by Crippen LogP contribution is 2.21. The Balaban J connectivity index is 1.34. The van der Waals surface area contributed by atoms with Gasteiger partial charge in [-0.15, -0.1) is 0 Å². The maximum absolute atomic E-state index is 12.4. The van der Waals surface area contributed by atoms with Gasteiger partial charge < -0.3 is 14.5 Å². The number of aryl methyl sites for hydroxylation is 3. The minimum absolute atomic E-state index is 0.0207.